The third-order valence-electron chi connectivity index (χ3n) is 4.60. The Morgan fingerprint density at radius 3 is 2.96 bits per heavy atom. The van der Waals surface area contributed by atoms with Crippen LogP contribution in [0.25, 0.3) is 0 Å². The van der Waals surface area contributed by atoms with Gasteiger partial charge in [0.15, 0.2) is 0 Å². The Kier molecular flexibility index (Phi) is 5.40. The number of rotatable bonds is 4. The van der Waals surface area contributed by atoms with Gasteiger partial charge in [-0.25, -0.2) is 4.39 Å². The number of anilines is 1. The molecule has 0 aromatic heterocycles. The number of benzene rings is 1. The number of halogens is 1. The Bertz CT molecular complexity index is 622. The van der Waals surface area contributed by atoms with Crippen LogP contribution in [-0.2, 0) is 9.59 Å². The lowest BCUT2D eigenvalue weighted by Gasteiger charge is -2.28. The van der Waals surface area contributed by atoms with E-state index in [9.17, 15) is 14.0 Å². The fraction of sp³-hybridized carbons (Fsp3) is 0.529. The second-order valence-electron chi connectivity index (χ2n) is 6.18. The van der Waals surface area contributed by atoms with Crippen molar-refractivity contribution in [2.24, 2.45) is 0 Å². The molecule has 1 N–H and O–H groups in total. The van der Waals surface area contributed by atoms with E-state index in [2.05, 4.69) is 5.32 Å². The van der Waals surface area contributed by atoms with Gasteiger partial charge in [-0.05, 0) is 18.6 Å². The van der Waals surface area contributed by atoms with Gasteiger partial charge in [-0.15, -0.1) is 0 Å². The molecule has 2 aliphatic rings. The molecule has 2 saturated heterocycles. The highest BCUT2D eigenvalue weighted by atomic mass is 32.2. The molecular formula is C17H22FN3O2S. The van der Waals surface area contributed by atoms with Gasteiger partial charge in [-0.1, -0.05) is 12.1 Å². The second-order valence-corrected chi connectivity index (χ2v) is 7.33. The summed E-state index contributed by atoms with van der Waals surface area (Å²) in [5.41, 5.74) is 0.288. The maximum absolute atomic E-state index is 13.9. The zero-order chi connectivity index (χ0) is 17.1. The van der Waals surface area contributed by atoms with Crippen molar-refractivity contribution < 1.29 is 14.0 Å². The van der Waals surface area contributed by atoms with E-state index in [0.717, 1.165) is 18.1 Å². The number of likely N-dealkylation sites (N-methyl/N-ethyl adjacent to an activating group) is 1. The molecule has 2 atom stereocenters. The number of amides is 2. The molecule has 2 fully saturated rings. The summed E-state index contributed by atoms with van der Waals surface area (Å²) in [6, 6.07) is 5.91. The number of nitrogens with zero attached hydrogens (tertiary/aromatic N) is 2. The standard InChI is InChI=1S/C17H22FN3O2S/c1-20(16(22)10-12-11-24-9-7-19-12)15-6-8-21(17(15)23)14-5-3-2-4-13(14)18/h2-5,12,15,19H,6-11H2,1H3. The van der Waals surface area contributed by atoms with E-state index in [1.165, 1.54) is 15.9 Å². The Balaban J connectivity index is 1.63. The van der Waals surface area contributed by atoms with Crippen molar-refractivity contribution >= 4 is 29.3 Å². The number of thioether (sulfide) groups is 1. The zero-order valence-electron chi connectivity index (χ0n) is 13.7. The third kappa shape index (κ3) is 3.57. The van der Waals surface area contributed by atoms with Gasteiger partial charge in [-0.3, -0.25) is 9.59 Å². The minimum Gasteiger partial charge on any atom is -0.334 e. The summed E-state index contributed by atoms with van der Waals surface area (Å²) in [6.07, 6.45) is 0.926. The Morgan fingerprint density at radius 2 is 2.25 bits per heavy atom. The first kappa shape index (κ1) is 17.2. The second kappa shape index (κ2) is 7.53. The van der Waals surface area contributed by atoms with Crippen LogP contribution in [0.5, 0.6) is 0 Å². The number of hydrogen-bond donors (Lipinski definition) is 1. The summed E-state index contributed by atoms with van der Waals surface area (Å²) in [4.78, 5) is 28.1. The molecule has 2 aliphatic heterocycles. The van der Waals surface area contributed by atoms with Crippen molar-refractivity contribution in [1.82, 2.24) is 10.2 Å². The monoisotopic (exact) mass is 351 g/mol. The van der Waals surface area contributed by atoms with Gasteiger partial charge in [0.2, 0.25) is 11.8 Å². The molecule has 1 aromatic carbocycles. The first-order valence-corrected chi connectivity index (χ1v) is 9.36. The maximum Gasteiger partial charge on any atom is 0.249 e. The normalized spacial score (nSPS) is 24.2. The minimum atomic E-state index is -0.506. The van der Waals surface area contributed by atoms with Gasteiger partial charge in [0, 0.05) is 44.1 Å². The van der Waals surface area contributed by atoms with Gasteiger partial charge in [0.1, 0.15) is 11.9 Å². The first-order valence-electron chi connectivity index (χ1n) is 8.20. The van der Waals surface area contributed by atoms with Crippen molar-refractivity contribution in [1.29, 1.82) is 0 Å². The largest absolute Gasteiger partial charge is 0.334 e. The lowest BCUT2D eigenvalue weighted by Crippen LogP contribution is -2.46. The summed E-state index contributed by atoms with van der Waals surface area (Å²) in [5, 5.41) is 3.34. The molecule has 0 bridgehead atoms. The van der Waals surface area contributed by atoms with Crippen LogP contribution < -0.4 is 10.2 Å². The predicted octanol–water partition coefficient (Wildman–Crippen LogP) is 1.48. The molecule has 0 aliphatic carbocycles. The van der Waals surface area contributed by atoms with Crippen LogP contribution in [-0.4, -0.2) is 60.4 Å². The quantitative estimate of drug-likeness (QED) is 0.893. The van der Waals surface area contributed by atoms with Crippen LogP contribution in [0.1, 0.15) is 12.8 Å². The smallest absolute Gasteiger partial charge is 0.249 e. The van der Waals surface area contributed by atoms with E-state index in [1.54, 1.807) is 25.2 Å². The van der Waals surface area contributed by atoms with Crippen LogP contribution >= 0.6 is 11.8 Å². The van der Waals surface area contributed by atoms with Gasteiger partial charge in [-0.2, -0.15) is 11.8 Å². The van der Waals surface area contributed by atoms with Crippen molar-refractivity contribution in [3.8, 4) is 0 Å². The summed E-state index contributed by atoms with van der Waals surface area (Å²) in [6.45, 7) is 1.34. The fourth-order valence-corrected chi connectivity index (χ4v) is 4.16. The van der Waals surface area contributed by atoms with Gasteiger partial charge in [0.05, 0.1) is 5.69 Å². The molecule has 0 spiro atoms. The van der Waals surface area contributed by atoms with Crippen LogP contribution in [0.2, 0.25) is 0 Å². The van der Waals surface area contributed by atoms with E-state index in [4.69, 9.17) is 0 Å². The molecule has 1 aromatic rings. The highest BCUT2D eigenvalue weighted by Gasteiger charge is 2.38. The molecule has 5 nitrogen and oxygen atoms in total. The minimum absolute atomic E-state index is 0.0382. The average Bonchev–Trinajstić information content (AvgIpc) is 2.97. The van der Waals surface area contributed by atoms with E-state index in [-0.39, 0.29) is 23.5 Å². The molecule has 7 heteroatoms. The lowest BCUT2D eigenvalue weighted by molar-refractivity contribution is -0.137. The maximum atomic E-state index is 13.9. The van der Waals surface area contributed by atoms with Gasteiger partial charge in [0.25, 0.3) is 0 Å². The molecule has 2 heterocycles. The topological polar surface area (TPSA) is 52.7 Å². The number of hydrogen-bond acceptors (Lipinski definition) is 4. The summed E-state index contributed by atoms with van der Waals surface area (Å²) in [7, 11) is 1.67. The van der Waals surface area contributed by atoms with Crippen molar-refractivity contribution in [3.05, 3.63) is 30.1 Å². The molecule has 0 saturated carbocycles. The summed E-state index contributed by atoms with van der Waals surface area (Å²) < 4.78 is 13.9. The number of para-hydroxylation sites is 1. The number of nitrogens with one attached hydrogen (secondary N) is 1. The van der Waals surface area contributed by atoms with Gasteiger partial charge >= 0.3 is 0 Å². The molecule has 3 rings (SSSR count). The Hall–Kier alpha value is -1.60. The Labute approximate surface area is 145 Å². The van der Waals surface area contributed by atoms with E-state index in [1.807, 2.05) is 11.8 Å². The average molecular weight is 351 g/mol. The molecule has 130 valence electrons. The predicted molar refractivity (Wildman–Crippen MR) is 93.7 cm³/mol. The lowest BCUT2D eigenvalue weighted by atomic mass is 10.1. The summed E-state index contributed by atoms with van der Waals surface area (Å²) in [5.74, 6) is 1.33. The van der Waals surface area contributed by atoms with E-state index in [0.29, 0.717) is 19.4 Å². The van der Waals surface area contributed by atoms with Crippen molar-refractivity contribution in [2.45, 2.75) is 24.9 Å². The SMILES string of the molecule is CN(C(=O)CC1CSCCN1)C1CCN(c2ccccc2F)C1=O. The third-order valence-corrected chi connectivity index (χ3v) is 5.73. The highest BCUT2D eigenvalue weighted by Crippen LogP contribution is 2.26. The fourth-order valence-electron chi connectivity index (χ4n) is 3.21. The molecule has 2 amide bonds. The van der Waals surface area contributed by atoms with Crippen LogP contribution in [0.4, 0.5) is 10.1 Å². The summed E-state index contributed by atoms with van der Waals surface area (Å²) >= 11 is 1.84. The van der Waals surface area contributed by atoms with Crippen molar-refractivity contribution in [3.63, 3.8) is 0 Å². The van der Waals surface area contributed by atoms with Crippen molar-refractivity contribution in [2.75, 3.05) is 36.5 Å². The molecular weight excluding hydrogens is 329 g/mol. The number of carbonyl (C=O) groups is 2. The first-order chi connectivity index (χ1) is 11.6. The molecule has 24 heavy (non-hydrogen) atoms. The Morgan fingerprint density at radius 1 is 1.46 bits per heavy atom. The van der Waals surface area contributed by atoms with Crippen LogP contribution in [0.15, 0.2) is 24.3 Å². The van der Waals surface area contributed by atoms with Crippen LogP contribution in [0, 0.1) is 5.82 Å². The zero-order valence-corrected chi connectivity index (χ0v) is 14.5. The molecule has 2 unspecified atom stereocenters. The van der Waals surface area contributed by atoms with Gasteiger partial charge < -0.3 is 15.1 Å². The number of carbonyl (C=O) groups excluding carboxylic acids is 2. The van der Waals surface area contributed by atoms with E-state index < -0.39 is 11.9 Å². The van der Waals surface area contributed by atoms with Crippen LogP contribution in [0.3, 0.4) is 0 Å². The van der Waals surface area contributed by atoms with E-state index >= 15 is 0 Å². The molecule has 0 radical (unpaired) electrons. The highest BCUT2D eigenvalue weighted by molar-refractivity contribution is 7.99.